The fraction of sp³-hybridized carbons (Fsp3) is 0.833. The van der Waals surface area contributed by atoms with E-state index in [2.05, 4.69) is 4.52 Å². The number of hydrogen-bond acceptors (Lipinski definition) is 7. The lowest BCUT2D eigenvalue weighted by Crippen LogP contribution is -2.25. The maximum atomic E-state index is 11.3. The number of rotatable bonds is 9. The summed E-state index contributed by atoms with van der Waals surface area (Å²) in [4.78, 5) is 8.45. The van der Waals surface area contributed by atoms with Crippen molar-refractivity contribution in [3.63, 3.8) is 0 Å². The van der Waals surface area contributed by atoms with Gasteiger partial charge in [0.05, 0.1) is 25.4 Å². The Morgan fingerprint density at radius 2 is 1.59 bits per heavy atom. The first-order valence-corrected chi connectivity index (χ1v) is 9.86. The molecule has 22 heavy (non-hydrogen) atoms. The van der Waals surface area contributed by atoms with Crippen molar-refractivity contribution in [3.8, 4) is 12.1 Å². The molecule has 0 amide bonds. The van der Waals surface area contributed by atoms with Gasteiger partial charge in [0, 0.05) is 0 Å². The predicted molar refractivity (Wildman–Crippen MR) is 82.6 cm³/mol. The second kappa shape index (κ2) is 12.8. The molecule has 1 atom stereocenters. The summed E-state index contributed by atoms with van der Waals surface area (Å²) < 4.78 is 35.9. The Labute approximate surface area is 132 Å². The summed E-state index contributed by atoms with van der Waals surface area (Å²) in [6.07, 6.45) is 0.683. The van der Waals surface area contributed by atoms with Gasteiger partial charge in [-0.1, -0.05) is 13.8 Å². The van der Waals surface area contributed by atoms with E-state index in [1.165, 1.54) is 0 Å². The van der Waals surface area contributed by atoms with Crippen LogP contribution in [0.25, 0.3) is 0 Å². The Hall–Kier alpha value is -0.720. The molecule has 0 spiro atoms. The van der Waals surface area contributed by atoms with Gasteiger partial charge in [-0.15, -0.1) is 0 Å². The average molecular weight is 354 g/mol. The average Bonchev–Trinajstić information content (AvgIpc) is 2.46. The Bertz CT molecular complexity index is 444. The molecule has 0 aliphatic rings. The molecule has 0 fully saturated rings. The van der Waals surface area contributed by atoms with Crippen molar-refractivity contribution in [2.24, 2.45) is 0 Å². The number of hydrogen-bond donors (Lipinski definition) is 1. The summed E-state index contributed by atoms with van der Waals surface area (Å²) in [5.74, 6) is 0. The van der Waals surface area contributed by atoms with E-state index in [0.29, 0.717) is 26.1 Å². The molecule has 0 aromatic rings. The van der Waals surface area contributed by atoms with Gasteiger partial charge >= 0.3 is 15.9 Å². The van der Waals surface area contributed by atoms with E-state index in [1.807, 2.05) is 6.07 Å². The van der Waals surface area contributed by atoms with Gasteiger partial charge in [0.2, 0.25) is 0 Å². The standard InChI is InChI=1S/2C6H12NO3P/c1-3-9-11(8,6-5-7)10-4-2;1-3-6(4-2,5-7)10-11(8)9/h3-4,6H2,1-2H3;11H,3-4H2,1-2H3,(H,8,9). The van der Waals surface area contributed by atoms with Crippen molar-refractivity contribution >= 4 is 15.9 Å². The predicted octanol–water partition coefficient (Wildman–Crippen LogP) is 3.24. The first kappa shape index (κ1) is 23.5. The molecule has 0 heterocycles. The van der Waals surface area contributed by atoms with Crippen LogP contribution in [-0.4, -0.2) is 29.9 Å². The Balaban J connectivity index is 0. The summed E-state index contributed by atoms with van der Waals surface area (Å²) in [5, 5.41) is 16.9. The van der Waals surface area contributed by atoms with Crippen LogP contribution in [0.15, 0.2) is 0 Å². The van der Waals surface area contributed by atoms with Gasteiger partial charge in [0.1, 0.15) is 6.16 Å². The highest BCUT2D eigenvalue weighted by molar-refractivity contribution is 7.54. The van der Waals surface area contributed by atoms with Crippen LogP contribution in [0.3, 0.4) is 0 Å². The minimum Gasteiger partial charge on any atom is -0.326 e. The Morgan fingerprint density at radius 1 is 1.14 bits per heavy atom. The van der Waals surface area contributed by atoms with Crippen molar-refractivity contribution in [1.82, 2.24) is 0 Å². The summed E-state index contributed by atoms with van der Waals surface area (Å²) in [7, 11) is -6.08. The van der Waals surface area contributed by atoms with E-state index in [1.54, 1.807) is 33.8 Å². The minimum atomic E-state index is -3.08. The molecule has 0 aliphatic carbocycles. The van der Waals surface area contributed by atoms with Gasteiger partial charge in [-0.3, -0.25) is 13.7 Å². The summed E-state index contributed by atoms with van der Waals surface area (Å²) >= 11 is 0. The molecule has 0 rings (SSSR count). The van der Waals surface area contributed by atoms with Crippen LogP contribution in [0.5, 0.6) is 0 Å². The first-order chi connectivity index (χ1) is 10.3. The van der Waals surface area contributed by atoms with Crippen LogP contribution in [0.2, 0.25) is 0 Å². The van der Waals surface area contributed by atoms with Crippen molar-refractivity contribution in [2.45, 2.75) is 46.1 Å². The number of nitrogens with zero attached hydrogens (tertiary/aromatic N) is 2. The van der Waals surface area contributed by atoms with Crippen LogP contribution in [-0.2, 0) is 22.7 Å². The smallest absolute Gasteiger partial charge is 0.326 e. The minimum absolute atomic E-state index is 0.172. The maximum absolute atomic E-state index is 11.3. The molecule has 1 N–H and O–H groups in total. The van der Waals surface area contributed by atoms with Crippen molar-refractivity contribution < 1.29 is 27.6 Å². The SMILES string of the molecule is CCC(C#N)(CC)O[PH](=O)O.CCOP(=O)(CC#N)OCC. The lowest BCUT2D eigenvalue weighted by atomic mass is 10.0. The van der Waals surface area contributed by atoms with Crippen molar-refractivity contribution in [2.75, 3.05) is 19.4 Å². The summed E-state index contributed by atoms with van der Waals surface area (Å²) in [5.41, 5.74) is -1.06. The summed E-state index contributed by atoms with van der Waals surface area (Å²) in [6.45, 7) is 7.53. The van der Waals surface area contributed by atoms with E-state index in [0.717, 1.165) is 0 Å². The first-order valence-electron chi connectivity index (χ1n) is 6.86. The zero-order valence-corrected chi connectivity index (χ0v) is 15.3. The third-order valence-corrected chi connectivity index (χ3v) is 4.94. The zero-order chi connectivity index (χ0) is 17.6. The second-order valence-electron chi connectivity index (χ2n) is 3.94. The molecule has 0 aromatic heterocycles. The van der Waals surface area contributed by atoms with Crippen LogP contribution in [0.4, 0.5) is 0 Å². The van der Waals surface area contributed by atoms with E-state index >= 15 is 0 Å². The monoisotopic (exact) mass is 354 g/mol. The van der Waals surface area contributed by atoms with Gasteiger partial charge in [-0.25, -0.2) is 0 Å². The quantitative estimate of drug-likeness (QED) is 0.625. The lowest BCUT2D eigenvalue weighted by molar-refractivity contribution is 0.112. The topological polar surface area (TPSA) is 130 Å². The molecule has 0 aliphatic heterocycles. The van der Waals surface area contributed by atoms with Crippen molar-refractivity contribution in [3.05, 3.63) is 0 Å². The normalized spacial score (nSPS) is 12.5. The van der Waals surface area contributed by atoms with Crippen molar-refractivity contribution in [1.29, 1.82) is 10.5 Å². The van der Waals surface area contributed by atoms with Gasteiger partial charge in [-0.05, 0) is 26.7 Å². The third kappa shape index (κ3) is 10.1. The highest BCUT2D eigenvalue weighted by Gasteiger charge is 2.28. The molecule has 1 unspecified atom stereocenters. The molecule has 0 aromatic carbocycles. The van der Waals surface area contributed by atoms with Crippen LogP contribution < -0.4 is 0 Å². The molecule has 10 heteroatoms. The highest BCUT2D eigenvalue weighted by atomic mass is 31.2. The fourth-order valence-corrected chi connectivity index (χ4v) is 3.24. The largest absolute Gasteiger partial charge is 0.344 e. The third-order valence-electron chi connectivity index (χ3n) is 2.54. The summed E-state index contributed by atoms with van der Waals surface area (Å²) in [6, 6.07) is 3.65. The molecule has 0 saturated heterocycles. The Morgan fingerprint density at radius 3 is 1.77 bits per heavy atom. The maximum Gasteiger partial charge on any atom is 0.344 e. The van der Waals surface area contributed by atoms with Gasteiger partial charge in [0.25, 0.3) is 0 Å². The highest BCUT2D eigenvalue weighted by Crippen LogP contribution is 2.47. The fourth-order valence-electron chi connectivity index (χ4n) is 1.35. The van der Waals surface area contributed by atoms with Gasteiger partial charge < -0.3 is 13.9 Å². The lowest BCUT2D eigenvalue weighted by Gasteiger charge is -2.21. The molecular formula is C12H24N2O6P2. The Kier molecular flexibility index (Phi) is 13.7. The second-order valence-corrected chi connectivity index (χ2v) is 6.73. The van der Waals surface area contributed by atoms with Crippen LogP contribution >= 0.6 is 15.9 Å². The van der Waals surface area contributed by atoms with E-state index in [-0.39, 0.29) is 6.16 Å². The molecule has 0 radical (unpaired) electrons. The molecule has 0 bridgehead atoms. The molecular weight excluding hydrogens is 330 g/mol. The van der Waals surface area contributed by atoms with Crippen LogP contribution in [0.1, 0.15) is 40.5 Å². The van der Waals surface area contributed by atoms with E-state index in [4.69, 9.17) is 24.5 Å². The zero-order valence-electron chi connectivity index (χ0n) is 13.4. The number of nitriles is 2. The molecule has 128 valence electrons. The molecule has 8 nitrogen and oxygen atoms in total. The van der Waals surface area contributed by atoms with Crippen LogP contribution in [0, 0.1) is 22.7 Å². The van der Waals surface area contributed by atoms with Gasteiger partial charge in [-0.2, -0.15) is 10.5 Å². The van der Waals surface area contributed by atoms with E-state index in [9.17, 15) is 9.13 Å². The molecule has 0 saturated carbocycles. The van der Waals surface area contributed by atoms with Gasteiger partial charge in [0.15, 0.2) is 5.60 Å². The van der Waals surface area contributed by atoms with E-state index < -0.39 is 21.5 Å².